The van der Waals surface area contributed by atoms with Crippen molar-refractivity contribution in [2.75, 3.05) is 27.2 Å². The maximum Gasteiger partial charge on any atom is 0.359 e. The first-order valence-electron chi connectivity index (χ1n) is 4.70. The zero-order valence-electron chi connectivity index (χ0n) is 9.31. The summed E-state index contributed by atoms with van der Waals surface area (Å²) >= 11 is 0. The molecule has 0 bridgehead atoms. The maximum atomic E-state index is 10.6. The van der Waals surface area contributed by atoms with Gasteiger partial charge < -0.3 is 21.1 Å². The second-order valence-corrected chi connectivity index (χ2v) is 4.20. The zero-order chi connectivity index (χ0) is 12.1. The van der Waals surface area contributed by atoms with Crippen LogP contribution in [-0.2, 0) is 4.79 Å². The third kappa shape index (κ3) is 7.03. The van der Waals surface area contributed by atoms with E-state index < -0.39 is 5.97 Å². The molecule has 0 aliphatic heterocycles. The van der Waals surface area contributed by atoms with Crippen LogP contribution in [0.1, 0.15) is 0 Å². The van der Waals surface area contributed by atoms with Crippen LogP contribution in [0.2, 0.25) is 0 Å². The molecule has 6 nitrogen and oxygen atoms in total. The quantitative estimate of drug-likeness (QED) is 0.236. The fourth-order valence-electron chi connectivity index (χ4n) is 1.33. The van der Waals surface area contributed by atoms with Gasteiger partial charge in [-0.2, -0.15) is 0 Å². The fourth-order valence-corrected chi connectivity index (χ4v) is 1.33. The number of nitrogens with zero attached hydrogens (tertiary/aromatic N) is 1. The van der Waals surface area contributed by atoms with Gasteiger partial charge in [-0.15, -0.1) is 6.58 Å². The third-order valence-electron chi connectivity index (χ3n) is 1.91. The van der Waals surface area contributed by atoms with E-state index in [0.717, 1.165) is 0 Å². The first kappa shape index (κ1) is 14.1. The fraction of sp³-hybridized carbons (Fsp3) is 0.667. The van der Waals surface area contributed by atoms with E-state index in [1.165, 1.54) is 6.08 Å². The van der Waals surface area contributed by atoms with Gasteiger partial charge in [0.2, 0.25) is 0 Å². The van der Waals surface area contributed by atoms with Crippen LogP contribution >= 0.6 is 0 Å². The lowest BCUT2D eigenvalue weighted by Gasteiger charge is -2.31. The Bertz CT molecular complexity index is 230. The van der Waals surface area contributed by atoms with Crippen LogP contribution in [0.4, 0.5) is 0 Å². The van der Waals surface area contributed by atoms with Crippen molar-refractivity contribution in [1.29, 1.82) is 0 Å². The highest BCUT2D eigenvalue weighted by atomic mass is 16.4. The lowest BCUT2D eigenvalue weighted by atomic mass is 10.3. The molecular weight excluding hydrogens is 196 g/mol. The van der Waals surface area contributed by atoms with Gasteiger partial charge in [0, 0.05) is 0 Å². The topological polar surface area (TPSA) is 101 Å². The summed E-state index contributed by atoms with van der Waals surface area (Å²) in [5.74, 6) is -0.847. The van der Waals surface area contributed by atoms with Crippen molar-refractivity contribution in [3.63, 3.8) is 0 Å². The number of likely N-dealkylation sites (N-methyl/N-ethyl adjacent to an activating group) is 1. The lowest BCUT2D eigenvalue weighted by molar-refractivity contribution is -0.884. The van der Waals surface area contributed by atoms with E-state index in [-0.39, 0.29) is 18.9 Å². The van der Waals surface area contributed by atoms with Gasteiger partial charge in [0.1, 0.15) is 12.7 Å². The number of rotatable bonds is 7. The summed E-state index contributed by atoms with van der Waals surface area (Å²) in [4.78, 5) is 10.6. The number of nitrogens with two attached hydrogens (primary N) is 2. The Morgan fingerprint density at radius 1 is 1.60 bits per heavy atom. The highest BCUT2D eigenvalue weighted by Gasteiger charge is 2.23. The van der Waals surface area contributed by atoms with Crippen LogP contribution in [-0.4, -0.2) is 55.1 Å². The van der Waals surface area contributed by atoms with Gasteiger partial charge in [-0.3, -0.25) is 5.32 Å². The van der Waals surface area contributed by atoms with Crippen molar-refractivity contribution in [1.82, 2.24) is 5.32 Å². The first-order chi connectivity index (χ1) is 6.76. The van der Waals surface area contributed by atoms with E-state index in [1.54, 1.807) is 14.1 Å². The monoisotopic (exact) mass is 217 g/mol. The normalized spacial score (nSPS) is 15.7. The molecule has 6 N–H and O–H groups in total. The molecule has 0 rings (SSSR count). The number of carboxylic acids is 1. The molecule has 15 heavy (non-hydrogen) atoms. The minimum atomic E-state index is -0.847. The predicted molar refractivity (Wildman–Crippen MR) is 58.8 cm³/mol. The summed E-state index contributed by atoms with van der Waals surface area (Å²) < 4.78 is 0.299. The first-order valence-corrected chi connectivity index (χ1v) is 4.70. The number of nitrogens with one attached hydrogen (secondary N) is 1. The van der Waals surface area contributed by atoms with Crippen molar-refractivity contribution in [3.05, 3.63) is 12.7 Å². The van der Waals surface area contributed by atoms with Gasteiger partial charge >= 0.3 is 5.97 Å². The van der Waals surface area contributed by atoms with Crippen molar-refractivity contribution in [2.45, 2.75) is 12.3 Å². The van der Waals surface area contributed by atoms with Crippen LogP contribution in [0.15, 0.2) is 12.7 Å². The molecule has 0 aromatic rings. The van der Waals surface area contributed by atoms with E-state index in [1.807, 2.05) is 0 Å². The summed E-state index contributed by atoms with van der Waals surface area (Å²) in [6, 6.07) is 0. The molecule has 0 aromatic carbocycles. The van der Waals surface area contributed by atoms with Gasteiger partial charge in [0.25, 0.3) is 0 Å². The van der Waals surface area contributed by atoms with E-state index >= 15 is 0 Å². The van der Waals surface area contributed by atoms with Crippen molar-refractivity contribution in [2.24, 2.45) is 11.5 Å². The molecule has 0 aliphatic rings. The molecule has 0 aromatic heterocycles. The molecular formula is C9H21N4O2+. The van der Waals surface area contributed by atoms with E-state index in [9.17, 15) is 4.79 Å². The molecule has 2 unspecified atom stereocenters. The SMILES string of the molecule is C=CC(N)NC(N)C[N+](C)(C)CC(=O)O. The van der Waals surface area contributed by atoms with Gasteiger partial charge in [-0.1, -0.05) is 6.08 Å². The van der Waals surface area contributed by atoms with Crippen LogP contribution in [0.25, 0.3) is 0 Å². The summed E-state index contributed by atoms with van der Waals surface area (Å²) in [7, 11) is 3.60. The van der Waals surface area contributed by atoms with Crippen LogP contribution < -0.4 is 16.8 Å². The Labute approximate surface area is 90.1 Å². The largest absolute Gasteiger partial charge is 0.477 e. The zero-order valence-corrected chi connectivity index (χ0v) is 9.31. The highest BCUT2D eigenvalue weighted by Crippen LogP contribution is 1.97. The number of hydrogen-bond donors (Lipinski definition) is 4. The Hall–Kier alpha value is -0.950. The van der Waals surface area contributed by atoms with Crippen LogP contribution in [0.3, 0.4) is 0 Å². The average molecular weight is 217 g/mol. The minimum absolute atomic E-state index is 0.0265. The Morgan fingerprint density at radius 2 is 2.13 bits per heavy atom. The molecule has 0 aliphatic carbocycles. The molecule has 0 heterocycles. The number of carboxylic acid groups (broad SMARTS) is 1. The third-order valence-corrected chi connectivity index (χ3v) is 1.91. The van der Waals surface area contributed by atoms with Crippen LogP contribution in [0.5, 0.6) is 0 Å². The molecule has 6 heteroatoms. The van der Waals surface area contributed by atoms with Gasteiger partial charge in [-0.05, 0) is 0 Å². The molecule has 0 saturated carbocycles. The molecule has 0 fully saturated rings. The second-order valence-electron chi connectivity index (χ2n) is 4.20. The Morgan fingerprint density at radius 3 is 2.53 bits per heavy atom. The molecule has 0 spiro atoms. The second kappa shape index (κ2) is 5.82. The van der Waals surface area contributed by atoms with Gasteiger partial charge in [0.05, 0.1) is 20.3 Å². The number of quaternary nitrogens is 1. The minimum Gasteiger partial charge on any atom is -0.477 e. The standard InChI is InChI=1S/C9H20N4O2/c1-4-7(10)12-8(11)5-13(2,3)6-9(14)15/h4,7-8,12H,1,5-6,10-11H2,2-3H3/p+1. The summed E-state index contributed by atoms with van der Waals surface area (Å²) in [6.45, 7) is 4.02. The van der Waals surface area contributed by atoms with Crippen molar-refractivity contribution in [3.8, 4) is 0 Å². The molecule has 0 radical (unpaired) electrons. The predicted octanol–water partition coefficient (Wildman–Crippen LogP) is -1.51. The number of carbonyl (C=O) groups is 1. The van der Waals surface area contributed by atoms with E-state index in [2.05, 4.69) is 11.9 Å². The molecule has 88 valence electrons. The summed E-state index contributed by atoms with van der Waals surface area (Å²) in [6.07, 6.45) is 0.814. The summed E-state index contributed by atoms with van der Waals surface area (Å²) in [5, 5.41) is 11.6. The van der Waals surface area contributed by atoms with Gasteiger partial charge in [0.15, 0.2) is 6.54 Å². The van der Waals surface area contributed by atoms with Gasteiger partial charge in [-0.25, -0.2) is 4.79 Å². The maximum absolute atomic E-state index is 10.6. The van der Waals surface area contributed by atoms with E-state index in [4.69, 9.17) is 16.6 Å². The Balaban J connectivity index is 4.08. The molecule has 2 atom stereocenters. The smallest absolute Gasteiger partial charge is 0.359 e. The average Bonchev–Trinajstić information content (AvgIpc) is 1.99. The highest BCUT2D eigenvalue weighted by molar-refractivity contribution is 5.67. The Kier molecular flexibility index (Phi) is 5.45. The number of aliphatic carboxylic acids is 1. The molecule has 0 amide bonds. The van der Waals surface area contributed by atoms with Crippen molar-refractivity contribution < 1.29 is 14.4 Å². The van der Waals surface area contributed by atoms with E-state index in [0.29, 0.717) is 11.0 Å². The van der Waals surface area contributed by atoms with Crippen LogP contribution in [0, 0.1) is 0 Å². The van der Waals surface area contributed by atoms with Crippen molar-refractivity contribution >= 4 is 5.97 Å². The lowest BCUT2D eigenvalue weighted by Crippen LogP contribution is -2.58. The molecule has 0 saturated heterocycles. The number of hydrogen-bond acceptors (Lipinski definition) is 4. The summed E-state index contributed by atoms with van der Waals surface area (Å²) in [5.41, 5.74) is 11.3.